The third-order valence-electron chi connectivity index (χ3n) is 5.11. The van der Waals surface area contributed by atoms with Gasteiger partial charge >= 0.3 is 0 Å². The molecule has 8 nitrogen and oxygen atoms in total. The number of pyridine rings is 1. The molecule has 0 bridgehead atoms. The lowest BCUT2D eigenvalue weighted by Crippen LogP contribution is -2.37. The van der Waals surface area contributed by atoms with E-state index in [1.807, 2.05) is 36.7 Å². The third kappa shape index (κ3) is 4.42. The molecule has 0 spiro atoms. The summed E-state index contributed by atoms with van der Waals surface area (Å²) >= 11 is 0. The zero-order valence-electron chi connectivity index (χ0n) is 17.2. The first-order valence-corrected chi connectivity index (χ1v) is 10.1. The van der Waals surface area contributed by atoms with E-state index in [-0.39, 0.29) is 31.0 Å². The molecule has 154 valence electrons. The second-order valence-electron chi connectivity index (χ2n) is 7.56. The van der Waals surface area contributed by atoms with Crippen molar-refractivity contribution >= 4 is 17.5 Å². The van der Waals surface area contributed by atoms with Gasteiger partial charge in [0, 0.05) is 62.1 Å². The minimum absolute atomic E-state index is 0.000394. The van der Waals surface area contributed by atoms with Crippen LogP contribution >= 0.6 is 0 Å². The summed E-state index contributed by atoms with van der Waals surface area (Å²) in [6.07, 6.45) is 6.59. The fourth-order valence-electron chi connectivity index (χ4n) is 3.55. The number of Topliss-reactive ketones (excluding diaryl/α,β-unsaturated/α-hetero) is 1. The average Bonchev–Trinajstić information content (AvgIpc) is 3.13. The van der Waals surface area contributed by atoms with Gasteiger partial charge in [0.2, 0.25) is 5.91 Å². The van der Waals surface area contributed by atoms with Gasteiger partial charge in [-0.3, -0.25) is 29.4 Å². The maximum atomic E-state index is 12.7. The molecule has 0 saturated heterocycles. The maximum Gasteiger partial charge on any atom is 0.228 e. The summed E-state index contributed by atoms with van der Waals surface area (Å²) in [6.45, 7) is 5.29. The molecule has 0 atom stereocenters. The summed E-state index contributed by atoms with van der Waals surface area (Å²) in [5, 5.41) is 4.41. The Morgan fingerprint density at radius 3 is 2.57 bits per heavy atom. The van der Waals surface area contributed by atoms with E-state index in [1.54, 1.807) is 23.5 Å². The van der Waals surface area contributed by atoms with Crippen molar-refractivity contribution in [1.82, 2.24) is 24.7 Å². The molecule has 0 saturated carbocycles. The first-order valence-electron chi connectivity index (χ1n) is 10.1. The highest BCUT2D eigenvalue weighted by Crippen LogP contribution is 2.22. The highest BCUT2D eigenvalue weighted by atomic mass is 16.2. The predicted molar refractivity (Wildman–Crippen MR) is 112 cm³/mol. The highest BCUT2D eigenvalue weighted by molar-refractivity contribution is 5.95. The van der Waals surface area contributed by atoms with Gasteiger partial charge in [-0.05, 0) is 32.4 Å². The van der Waals surface area contributed by atoms with Crippen molar-refractivity contribution in [2.24, 2.45) is 0 Å². The summed E-state index contributed by atoms with van der Waals surface area (Å²) in [5.74, 6) is 0.790. The number of hydrogen-bond donors (Lipinski definition) is 0. The van der Waals surface area contributed by atoms with Crippen LogP contribution in [0.2, 0.25) is 0 Å². The normalized spacial score (nSPS) is 13.2. The topological polar surface area (TPSA) is 93.9 Å². The Balaban J connectivity index is 1.32. The molecule has 8 heteroatoms. The zero-order valence-corrected chi connectivity index (χ0v) is 17.2. The van der Waals surface area contributed by atoms with Gasteiger partial charge in [-0.25, -0.2) is 4.68 Å². The molecule has 1 aliphatic heterocycles. The lowest BCUT2D eigenvalue weighted by atomic mass is 10.1. The molecular formula is C22H24N6O2. The molecule has 30 heavy (non-hydrogen) atoms. The fourth-order valence-corrected chi connectivity index (χ4v) is 3.55. The molecule has 0 fully saturated rings. The Bertz CT molecular complexity index is 1060. The van der Waals surface area contributed by atoms with E-state index in [0.717, 1.165) is 41.4 Å². The fraction of sp³-hybridized carbons (Fsp3) is 0.364. The van der Waals surface area contributed by atoms with Crippen LogP contribution in [-0.2, 0) is 22.6 Å². The first kappa shape index (κ1) is 19.9. The van der Waals surface area contributed by atoms with Crippen molar-refractivity contribution in [1.29, 1.82) is 0 Å². The number of aryl methyl sites for hydroxylation is 3. The number of fused-ring (bicyclic) bond motifs is 1. The lowest BCUT2D eigenvalue weighted by molar-refractivity contribution is -0.123. The Labute approximate surface area is 175 Å². The number of ketones is 1. The van der Waals surface area contributed by atoms with Crippen molar-refractivity contribution in [3.63, 3.8) is 0 Å². The van der Waals surface area contributed by atoms with Gasteiger partial charge in [-0.1, -0.05) is 0 Å². The van der Waals surface area contributed by atoms with Gasteiger partial charge in [0.05, 0.1) is 23.3 Å². The Morgan fingerprint density at radius 1 is 0.967 bits per heavy atom. The van der Waals surface area contributed by atoms with Gasteiger partial charge < -0.3 is 0 Å². The van der Waals surface area contributed by atoms with Crippen LogP contribution in [0.25, 0.3) is 11.3 Å². The number of anilines is 1. The van der Waals surface area contributed by atoms with Crippen LogP contribution in [-0.4, -0.2) is 43.0 Å². The standard InChI is InChI=1S/C22H24N6O2/c1-15-10-21-27(8-3-9-28(21)26-15)22(30)7-6-19(29)11-18-5-4-17(13-24-18)20-14-23-16(2)12-25-20/h4-5,10,12-14H,3,6-9,11H2,1-2H3. The summed E-state index contributed by atoms with van der Waals surface area (Å²) in [5.41, 5.74) is 4.03. The van der Waals surface area contributed by atoms with Crippen LogP contribution in [0, 0.1) is 13.8 Å². The minimum atomic E-state index is -0.0366. The maximum absolute atomic E-state index is 12.7. The van der Waals surface area contributed by atoms with Crippen LogP contribution in [0.1, 0.15) is 36.3 Å². The molecule has 0 unspecified atom stereocenters. The van der Waals surface area contributed by atoms with Crippen molar-refractivity contribution in [3.05, 3.63) is 53.9 Å². The van der Waals surface area contributed by atoms with E-state index in [1.165, 1.54) is 0 Å². The van der Waals surface area contributed by atoms with Gasteiger partial charge in [-0.15, -0.1) is 0 Å². The van der Waals surface area contributed by atoms with E-state index in [9.17, 15) is 9.59 Å². The number of carbonyl (C=O) groups is 2. The minimum Gasteiger partial charge on any atom is -0.299 e. The molecule has 0 radical (unpaired) electrons. The molecule has 0 N–H and O–H groups in total. The highest BCUT2D eigenvalue weighted by Gasteiger charge is 2.24. The Hall–Kier alpha value is -3.42. The molecule has 0 aliphatic carbocycles. The van der Waals surface area contributed by atoms with E-state index < -0.39 is 0 Å². The molecule has 3 aromatic rings. The van der Waals surface area contributed by atoms with Crippen LogP contribution in [0.15, 0.2) is 36.8 Å². The molecule has 0 aromatic carbocycles. The SMILES string of the molecule is Cc1cnc(-c2ccc(CC(=O)CCC(=O)N3CCCn4nc(C)cc43)nc2)cn1. The van der Waals surface area contributed by atoms with E-state index >= 15 is 0 Å². The van der Waals surface area contributed by atoms with Crippen molar-refractivity contribution in [3.8, 4) is 11.3 Å². The largest absolute Gasteiger partial charge is 0.299 e. The summed E-state index contributed by atoms with van der Waals surface area (Å²) in [4.78, 5) is 39.7. The quantitative estimate of drug-likeness (QED) is 0.627. The monoisotopic (exact) mass is 404 g/mol. The van der Waals surface area contributed by atoms with E-state index in [2.05, 4.69) is 20.1 Å². The Morgan fingerprint density at radius 2 is 1.83 bits per heavy atom. The zero-order chi connectivity index (χ0) is 21.1. The van der Waals surface area contributed by atoms with Crippen molar-refractivity contribution < 1.29 is 9.59 Å². The van der Waals surface area contributed by atoms with Gasteiger partial charge in [0.1, 0.15) is 11.6 Å². The number of aromatic nitrogens is 5. The number of nitrogens with zero attached hydrogens (tertiary/aromatic N) is 6. The summed E-state index contributed by atoms with van der Waals surface area (Å²) in [7, 11) is 0. The predicted octanol–water partition coefficient (Wildman–Crippen LogP) is 2.68. The van der Waals surface area contributed by atoms with E-state index in [4.69, 9.17) is 0 Å². The molecule has 1 amide bonds. The van der Waals surface area contributed by atoms with Crippen LogP contribution in [0.5, 0.6) is 0 Å². The molecule has 3 aromatic heterocycles. The van der Waals surface area contributed by atoms with Crippen molar-refractivity contribution in [2.75, 3.05) is 11.4 Å². The molecule has 4 rings (SSSR count). The number of rotatable bonds is 6. The number of amides is 1. The summed E-state index contributed by atoms with van der Waals surface area (Å²) < 4.78 is 1.86. The van der Waals surface area contributed by atoms with Crippen molar-refractivity contribution in [2.45, 2.75) is 46.1 Å². The first-order chi connectivity index (χ1) is 14.5. The smallest absolute Gasteiger partial charge is 0.228 e. The van der Waals surface area contributed by atoms with Gasteiger partial charge in [-0.2, -0.15) is 5.10 Å². The number of carbonyl (C=O) groups excluding carboxylic acids is 2. The Kier molecular flexibility index (Phi) is 5.65. The van der Waals surface area contributed by atoms with Crippen LogP contribution in [0.4, 0.5) is 5.82 Å². The molecule has 1 aliphatic rings. The lowest BCUT2D eigenvalue weighted by Gasteiger charge is -2.27. The second kappa shape index (κ2) is 8.52. The van der Waals surface area contributed by atoms with Gasteiger partial charge in [0.15, 0.2) is 0 Å². The summed E-state index contributed by atoms with van der Waals surface area (Å²) in [6, 6.07) is 5.63. The second-order valence-corrected chi connectivity index (χ2v) is 7.56. The third-order valence-corrected chi connectivity index (χ3v) is 5.11. The average molecular weight is 404 g/mol. The number of hydrogen-bond acceptors (Lipinski definition) is 6. The van der Waals surface area contributed by atoms with Crippen LogP contribution in [0.3, 0.4) is 0 Å². The molecule has 4 heterocycles. The van der Waals surface area contributed by atoms with Gasteiger partial charge in [0.25, 0.3) is 0 Å². The molecular weight excluding hydrogens is 380 g/mol. The van der Waals surface area contributed by atoms with E-state index in [0.29, 0.717) is 12.2 Å². The van der Waals surface area contributed by atoms with Crippen LogP contribution < -0.4 is 4.90 Å².